The van der Waals surface area contributed by atoms with Crippen LogP contribution < -0.4 is 14.7 Å². The van der Waals surface area contributed by atoms with Crippen LogP contribution in [0.15, 0.2) is 67.9 Å². The van der Waals surface area contributed by atoms with Gasteiger partial charge in [-0.1, -0.05) is 6.58 Å². The average molecular weight is 552 g/mol. The van der Waals surface area contributed by atoms with Crippen molar-refractivity contribution in [1.82, 2.24) is 29.4 Å². The number of hydrogen-bond donors (Lipinski definition) is 1. The normalized spacial score (nSPS) is 19.7. The highest BCUT2D eigenvalue weighted by Gasteiger charge is 2.46. The van der Waals surface area contributed by atoms with E-state index in [1.807, 2.05) is 46.4 Å². The van der Waals surface area contributed by atoms with Crippen LogP contribution in [0, 0.1) is 18.7 Å². The lowest BCUT2D eigenvalue weighted by Gasteiger charge is -2.30. The molecule has 206 valence electrons. The standard InChI is InChI=1S/C30H28FN8O2/c1-4-28(40)38-14-18-10-19(38)11-21(18)23-5-6-24-29(35-23)30(33-15-32-24)36-25-9-17(2)26(13-22(25)31)41-20-7-8-39-27(12-20)34-16-37(39)3/h4-9,12-13,15-16,18-19,21H,1,10-11,14H2,2-3H3,(H,32,33,36)/q+1/t18-,19-,21+/m0/s1. The molecule has 3 atom stereocenters. The minimum Gasteiger partial charge on any atom is -0.457 e. The Kier molecular flexibility index (Phi) is 5.88. The second-order valence-electron chi connectivity index (χ2n) is 10.7. The summed E-state index contributed by atoms with van der Waals surface area (Å²) in [5.41, 5.74) is 3.91. The third-order valence-corrected chi connectivity index (χ3v) is 8.21. The molecule has 11 heteroatoms. The van der Waals surface area contributed by atoms with E-state index in [1.165, 1.54) is 18.5 Å². The van der Waals surface area contributed by atoms with E-state index in [1.54, 1.807) is 24.5 Å². The molecule has 41 heavy (non-hydrogen) atoms. The number of amides is 1. The van der Waals surface area contributed by atoms with Gasteiger partial charge in [0, 0.05) is 36.3 Å². The molecular formula is C30H28FN8O2+. The first-order valence-electron chi connectivity index (χ1n) is 13.5. The first-order chi connectivity index (χ1) is 19.9. The zero-order chi connectivity index (χ0) is 28.2. The van der Waals surface area contributed by atoms with Crippen LogP contribution in [0.4, 0.5) is 15.9 Å². The van der Waals surface area contributed by atoms with E-state index < -0.39 is 5.82 Å². The first-order valence-corrected chi connectivity index (χ1v) is 13.5. The van der Waals surface area contributed by atoms with Crippen LogP contribution in [0.25, 0.3) is 16.7 Å². The minimum absolute atomic E-state index is 0.00989. The molecule has 1 saturated heterocycles. The van der Waals surface area contributed by atoms with Crippen LogP contribution in [0.1, 0.15) is 30.0 Å². The molecule has 2 aliphatic rings. The molecule has 1 amide bonds. The van der Waals surface area contributed by atoms with Crippen molar-refractivity contribution in [3.05, 3.63) is 85.0 Å². The summed E-state index contributed by atoms with van der Waals surface area (Å²) >= 11 is 0. The van der Waals surface area contributed by atoms with E-state index in [-0.39, 0.29) is 23.6 Å². The molecule has 0 spiro atoms. The zero-order valence-corrected chi connectivity index (χ0v) is 22.7. The summed E-state index contributed by atoms with van der Waals surface area (Å²) in [4.78, 5) is 32.1. The molecule has 5 heterocycles. The van der Waals surface area contributed by atoms with Crippen LogP contribution >= 0.6 is 0 Å². The highest BCUT2D eigenvalue weighted by Crippen LogP contribution is 2.47. The Hall–Kier alpha value is -4.93. The van der Waals surface area contributed by atoms with Gasteiger partial charge >= 0.3 is 6.33 Å². The second-order valence-corrected chi connectivity index (χ2v) is 10.7. The summed E-state index contributed by atoms with van der Waals surface area (Å²) in [6.07, 6.45) is 8.20. The zero-order valence-electron chi connectivity index (χ0n) is 22.7. The highest BCUT2D eigenvalue weighted by atomic mass is 19.1. The number of aromatic nitrogens is 6. The Balaban J connectivity index is 1.14. The molecule has 10 nitrogen and oxygen atoms in total. The molecule has 1 aliphatic heterocycles. The molecule has 0 unspecified atom stereocenters. The summed E-state index contributed by atoms with van der Waals surface area (Å²) < 4.78 is 25.1. The van der Waals surface area contributed by atoms with E-state index in [9.17, 15) is 4.79 Å². The van der Waals surface area contributed by atoms with Gasteiger partial charge in [0.05, 0.1) is 23.5 Å². The van der Waals surface area contributed by atoms with Crippen molar-refractivity contribution in [3.63, 3.8) is 0 Å². The van der Waals surface area contributed by atoms with Crippen molar-refractivity contribution in [1.29, 1.82) is 0 Å². The number of halogens is 1. The van der Waals surface area contributed by atoms with E-state index in [2.05, 4.69) is 26.8 Å². The van der Waals surface area contributed by atoms with Crippen molar-refractivity contribution >= 4 is 34.1 Å². The van der Waals surface area contributed by atoms with Crippen LogP contribution in [0.2, 0.25) is 0 Å². The van der Waals surface area contributed by atoms with Crippen LogP contribution in [0.3, 0.4) is 0 Å². The molecule has 2 bridgehead atoms. The van der Waals surface area contributed by atoms with Gasteiger partial charge < -0.3 is 15.0 Å². The van der Waals surface area contributed by atoms with E-state index in [0.29, 0.717) is 40.8 Å². The molecule has 4 aromatic heterocycles. The summed E-state index contributed by atoms with van der Waals surface area (Å²) in [6.45, 7) is 6.20. The second kappa shape index (κ2) is 9.61. The number of fused-ring (bicyclic) bond motifs is 4. The van der Waals surface area contributed by atoms with Gasteiger partial charge in [-0.25, -0.2) is 19.3 Å². The summed E-state index contributed by atoms with van der Waals surface area (Å²) in [5, 5.41) is 3.13. The van der Waals surface area contributed by atoms with E-state index >= 15 is 4.39 Å². The number of piperidine rings is 1. The maximum absolute atomic E-state index is 15.4. The monoisotopic (exact) mass is 551 g/mol. The number of nitrogens with one attached hydrogen (secondary N) is 1. The lowest BCUT2D eigenvalue weighted by Crippen LogP contribution is -2.38. The van der Waals surface area contributed by atoms with Gasteiger partial charge in [0.2, 0.25) is 5.91 Å². The van der Waals surface area contributed by atoms with Crippen molar-refractivity contribution in [2.45, 2.75) is 31.7 Å². The Labute approximate surface area is 235 Å². The van der Waals surface area contributed by atoms with Gasteiger partial charge in [0.1, 0.15) is 36.2 Å². The van der Waals surface area contributed by atoms with Crippen molar-refractivity contribution in [2.24, 2.45) is 13.0 Å². The molecule has 1 aromatic carbocycles. The number of ether oxygens (including phenoxy) is 1. The highest BCUT2D eigenvalue weighted by molar-refractivity contribution is 5.88. The van der Waals surface area contributed by atoms with Gasteiger partial charge in [-0.3, -0.25) is 4.79 Å². The number of rotatable bonds is 6. The molecule has 0 radical (unpaired) electrons. The van der Waals surface area contributed by atoms with Gasteiger partial charge in [0.25, 0.3) is 5.65 Å². The first kappa shape index (κ1) is 25.1. The summed E-state index contributed by atoms with van der Waals surface area (Å²) in [5.74, 6) is 1.48. The molecule has 2 fully saturated rings. The third-order valence-electron chi connectivity index (χ3n) is 8.21. The molecular weight excluding hydrogens is 523 g/mol. The molecule has 1 N–H and O–H groups in total. The minimum atomic E-state index is -0.484. The van der Waals surface area contributed by atoms with Crippen LogP contribution in [-0.2, 0) is 11.8 Å². The number of anilines is 2. The van der Waals surface area contributed by atoms with Crippen molar-refractivity contribution in [3.8, 4) is 11.5 Å². The number of carbonyl (C=O) groups excluding carboxylic acids is 1. The molecule has 5 aromatic rings. The van der Waals surface area contributed by atoms with Crippen LogP contribution in [0.5, 0.6) is 11.5 Å². The molecule has 1 saturated carbocycles. The average Bonchev–Trinajstić information content (AvgIpc) is 3.70. The Bertz CT molecular complexity index is 1850. The van der Waals surface area contributed by atoms with Gasteiger partial charge in [0.15, 0.2) is 5.82 Å². The third kappa shape index (κ3) is 4.33. The molecule has 7 rings (SSSR count). The fourth-order valence-electron chi connectivity index (χ4n) is 6.17. The Morgan fingerprint density at radius 3 is 2.88 bits per heavy atom. The quantitative estimate of drug-likeness (QED) is 0.247. The maximum Gasteiger partial charge on any atom is 0.307 e. The number of aryl methyl sites for hydroxylation is 2. The predicted octanol–water partition coefficient (Wildman–Crippen LogP) is 4.37. The largest absolute Gasteiger partial charge is 0.457 e. The maximum atomic E-state index is 15.4. The fourth-order valence-corrected chi connectivity index (χ4v) is 6.17. The van der Waals surface area contributed by atoms with E-state index in [4.69, 9.17) is 9.72 Å². The van der Waals surface area contributed by atoms with Gasteiger partial charge in [-0.05, 0) is 60.5 Å². The Morgan fingerprint density at radius 1 is 1.20 bits per heavy atom. The number of benzene rings is 1. The number of likely N-dealkylation sites (tertiary alicyclic amines) is 1. The van der Waals surface area contributed by atoms with Gasteiger partial charge in [-0.2, -0.15) is 4.68 Å². The number of carbonyl (C=O) groups is 1. The number of pyridine rings is 2. The summed E-state index contributed by atoms with van der Waals surface area (Å²) in [7, 11) is 1.89. The predicted molar refractivity (Wildman–Crippen MR) is 149 cm³/mol. The van der Waals surface area contributed by atoms with E-state index in [0.717, 1.165) is 29.7 Å². The number of hydrogen-bond acceptors (Lipinski definition) is 7. The van der Waals surface area contributed by atoms with Gasteiger partial charge in [-0.15, -0.1) is 4.52 Å². The van der Waals surface area contributed by atoms with Crippen molar-refractivity contribution in [2.75, 3.05) is 11.9 Å². The topological polar surface area (TPSA) is 101 Å². The summed E-state index contributed by atoms with van der Waals surface area (Å²) in [6, 6.07) is 10.8. The van der Waals surface area contributed by atoms with Crippen LogP contribution in [-0.4, -0.2) is 47.8 Å². The van der Waals surface area contributed by atoms with Crippen molar-refractivity contribution < 1.29 is 18.6 Å². The lowest BCUT2D eigenvalue weighted by atomic mass is 9.90. The number of nitrogens with zero attached hydrogens (tertiary/aromatic N) is 7. The SMILES string of the molecule is C=CC(=O)N1C[C@@H]2C[C@H]1C[C@H]2c1ccc2ncnc(Nc3cc(C)c(Oc4ccn5c(c4)nc[n+]5C)cc3F)c2n1. The smallest absolute Gasteiger partial charge is 0.307 e. The fraction of sp³-hybridized carbons (Fsp3) is 0.267. The lowest BCUT2D eigenvalue weighted by molar-refractivity contribution is -0.739. The molecule has 1 aliphatic carbocycles. The Morgan fingerprint density at radius 2 is 2.07 bits per heavy atom.